The molecule has 0 radical (unpaired) electrons. The second kappa shape index (κ2) is 7.00. The van der Waals surface area contributed by atoms with Crippen LogP contribution in [0, 0.1) is 16.0 Å². The zero-order valence-electron chi connectivity index (χ0n) is 13.4. The molecule has 1 aliphatic carbocycles. The number of aliphatic imine (C=N–C) groups is 1. The Labute approximate surface area is 147 Å². The summed E-state index contributed by atoms with van der Waals surface area (Å²) < 4.78 is 0.410. The van der Waals surface area contributed by atoms with Crippen molar-refractivity contribution in [2.24, 2.45) is 10.9 Å². The number of rotatable bonds is 3. The summed E-state index contributed by atoms with van der Waals surface area (Å²) >= 11 is 3.30. The van der Waals surface area contributed by atoms with E-state index in [4.69, 9.17) is 0 Å². The third-order valence-electron chi connectivity index (χ3n) is 3.55. The molecule has 0 aliphatic heterocycles. The minimum Gasteiger partial charge on any atom is -0.288 e. The fourth-order valence-corrected chi connectivity index (χ4v) is 3.27. The molecule has 1 aromatic rings. The fraction of sp³-hybridized carbons (Fsp3) is 0.235. The first-order valence-electron chi connectivity index (χ1n) is 7.23. The highest BCUT2D eigenvalue weighted by Crippen LogP contribution is 2.29. The number of carbonyl (C=O) groups excluding carboxylic acids is 2. The molecule has 0 fully saturated rings. The van der Waals surface area contributed by atoms with Gasteiger partial charge in [-0.2, -0.15) is 0 Å². The average Bonchev–Trinajstić information content (AvgIpc) is 2.52. The lowest BCUT2D eigenvalue weighted by atomic mass is 9.90. The topological polar surface area (TPSA) is 89.6 Å². The largest absolute Gasteiger partial charge is 0.288 e. The highest BCUT2D eigenvalue weighted by molar-refractivity contribution is 9.12. The maximum atomic E-state index is 12.3. The van der Waals surface area contributed by atoms with Crippen LogP contribution in [0.2, 0.25) is 0 Å². The summed E-state index contributed by atoms with van der Waals surface area (Å²) in [6.45, 7) is 5.47. The molecule has 0 bridgehead atoms. The molecule has 0 saturated carbocycles. The zero-order chi connectivity index (χ0) is 18.0. The first-order valence-corrected chi connectivity index (χ1v) is 8.02. The van der Waals surface area contributed by atoms with Crippen molar-refractivity contribution in [2.75, 3.05) is 0 Å². The van der Waals surface area contributed by atoms with E-state index in [-0.39, 0.29) is 23.0 Å². The summed E-state index contributed by atoms with van der Waals surface area (Å²) in [5, 5.41) is 10.7. The lowest BCUT2D eigenvalue weighted by Gasteiger charge is -2.19. The minimum absolute atomic E-state index is 0.00362. The molecular formula is C17H15BrN2O4. The number of amides is 1. The molecule has 0 heterocycles. The third-order valence-corrected chi connectivity index (χ3v) is 4.33. The van der Waals surface area contributed by atoms with Crippen LogP contribution in [0.1, 0.15) is 31.1 Å². The van der Waals surface area contributed by atoms with E-state index >= 15 is 0 Å². The van der Waals surface area contributed by atoms with Gasteiger partial charge in [-0.25, -0.2) is 4.99 Å². The summed E-state index contributed by atoms with van der Waals surface area (Å²) in [5.74, 6) is -0.645. The standard InChI is InChI=1S/C17H15BrN2O4/c1-9(2)14-13(8-10(3)16(21)15(14)18)19-17(22)11-4-6-12(7-5-11)20(23)24/h4-9H,1-3H3. The van der Waals surface area contributed by atoms with E-state index in [0.717, 1.165) is 0 Å². The maximum absolute atomic E-state index is 12.3. The molecule has 2 rings (SSSR count). The molecule has 1 amide bonds. The maximum Gasteiger partial charge on any atom is 0.277 e. The van der Waals surface area contributed by atoms with Gasteiger partial charge in [0.2, 0.25) is 0 Å². The fourth-order valence-electron chi connectivity index (χ4n) is 2.30. The Morgan fingerprint density at radius 3 is 2.33 bits per heavy atom. The number of halogens is 1. The second-order valence-corrected chi connectivity index (χ2v) is 6.44. The number of hydrogen-bond donors (Lipinski definition) is 0. The first-order chi connectivity index (χ1) is 11.2. The molecule has 124 valence electrons. The number of Topliss-reactive ketones (excluding diaryl/α,β-unsaturated/α-hetero) is 1. The molecule has 0 saturated heterocycles. The van der Waals surface area contributed by atoms with Crippen LogP contribution in [-0.4, -0.2) is 22.3 Å². The zero-order valence-corrected chi connectivity index (χ0v) is 15.0. The highest BCUT2D eigenvalue weighted by Gasteiger charge is 2.26. The Kier molecular flexibility index (Phi) is 5.23. The summed E-state index contributed by atoms with van der Waals surface area (Å²) in [6.07, 6.45) is 1.59. The minimum atomic E-state index is -0.532. The summed E-state index contributed by atoms with van der Waals surface area (Å²) in [4.78, 5) is 38.7. The SMILES string of the molecule is CC1=CC(=NC(=O)c2ccc([N+](=O)[O-])cc2)C(C(C)C)=C(Br)C1=O. The van der Waals surface area contributed by atoms with Crippen LogP contribution in [0.5, 0.6) is 0 Å². The molecule has 1 aliphatic rings. The number of benzene rings is 1. The molecule has 6 nitrogen and oxygen atoms in total. The van der Waals surface area contributed by atoms with E-state index in [1.54, 1.807) is 13.0 Å². The van der Waals surface area contributed by atoms with Crippen molar-refractivity contribution < 1.29 is 14.5 Å². The number of hydrogen-bond acceptors (Lipinski definition) is 4. The van der Waals surface area contributed by atoms with Crippen LogP contribution < -0.4 is 0 Å². The Morgan fingerprint density at radius 2 is 1.83 bits per heavy atom. The Bertz CT molecular complexity index is 817. The number of carbonyl (C=O) groups is 2. The first kappa shape index (κ1) is 17.9. The van der Waals surface area contributed by atoms with Gasteiger partial charge in [0.05, 0.1) is 15.1 Å². The molecule has 0 atom stereocenters. The predicted molar refractivity (Wildman–Crippen MR) is 94.4 cm³/mol. The van der Waals surface area contributed by atoms with Crippen LogP contribution in [0.3, 0.4) is 0 Å². The van der Waals surface area contributed by atoms with Crippen molar-refractivity contribution in [3.8, 4) is 0 Å². The number of nitrogens with zero attached hydrogens (tertiary/aromatic N) is 2. The Balaban J connectivity index is 2.42. The van der Waals surface area contributed by atoms with Gasteiger partial charge < -0.3 is 0 Å². The quantitative estimate of drug-likeness (QED) is 0.442. The van der Waals surface area contributed by atoms with Gasteiger partial charge in [-0.3, -0.25) is 19.7 Å². The van der Waals surface area contributed by atoms with Crippen LogP contribution in [0.15, 0.2) is 51.0 Å². The lowest BCUT2D eigenvalue weighted by molar-refractivity contribution is -0.384. The van der Waals surface area contributed by atoms with Crippen molar-refractivity contribution in [3.05, 3.63) is 61.6 Å². The molecule has 1 aromatic carbocycles. The van der Waals surface area contributed by atoms with Gasteiger partial charge in [0.1, 0.15) is 0 Å². The van der Waals surface area contributed by atoms with Crippen molar-refractivity contribution in [3.63, 3.8) is 0 Å². The van der Waals surface area contributed by atoms with Gasteiger partial charge in [-0.05, 0) is 58.1 Å². The molecule has 7 heteroatoms. The summed E-state index contributed by atoms with van der Waals surface area (Å²) in [5.41, 5.74) is 1.73. The summed E-state index contributed by atoms with van der Waals surface area (Å²) in [7, 11) is 0. The van der Waals surface area contributed by atoms with E-state index in [2.05, 4.69) is 20.9 Å². The third kappa shape index (κ3) is 3.56. The Morgan fingerprint density at radius 1 is 1.25 bits per heavy atom. The predicted octanol–water partition coefficient (Wildman–Crippen LogP) is 4.01. The van der Waals surface area contributed by atoms with Crippen LogP contribution in [-0.2, 0) is 4.79 Å². The smallest absolute Gasteiger partial charge is 0.277 e. The van der Waals surface area contributed by atoms with Gasteiger partial charge in [0, 0.05) is 17.7 Å². The lowest BCUT2D eigenvalue weighted by Crippen LogP contribution is -2.20. The monoisotopic (exact) mass is 390 g/mol. The van der Waals surface area contributed by atoms with Crippen LogP contribution in [0.4, 0.5) is 5.69 Å². The van der Waals surface area contributed by atoms with Gasteiger partial charge >= 0.3 is 0 Å². The Hall–Kier alpha value is -2.41. The van der Waals surface area contributed by atoms with E-state index in [9.17, 15) is 19.7 Å². The number of allylic oxidation sites excluding steroid dienone is 4. The van der Waals surface area contributed by atoms with E-state index in [0.29, 0.717) is 21.3 Å². The van der Waals surface area contributed by atoms with Gasteiger partial charge in [0.25, 0.3) is 11.6 Å². The molecular weight excluding hydrogens is 376 g/mol. The normalized spacial score (nSPS) is 16.6. The summed E-state index contributed by atoms with van der Waals surface area (Å²) in [6, 6.07) is 5.24. The molecule has 0 spiro atoms. The number of nitro benzene ring substituents is 1. The van der Waals surface area contributed by atoms with Crippen molar-refractivity contribution in [1.82, 2.24) is 0 Å². The van der Waals surface area contributed by atoms with Crippen molar-refractivity contribution in [2.45, 2.75) is 20.8 Å². The van der Waals surface area contributed by atoms with Crippen molar-refractivity contribution in [1.29, 1.82) is 0 Å². The number of ketones is 1. The molecule has 0 aromatic heterocycles. The van der Waals surface area contributed by atoms with Crippen LogP contribution in [0.25, 0.3) is 0 Å². The van der Waals surface area contributed by atoms with E-state index in [1.807, 2.05) is 13.8 Å². The average molecular weight is 391 g/mol. The molecule has 24 heavy (non-hydrogen) atoms. The van der Waals surface area contributed by atoms with Gasteiger partial charge in [-0.1, -0.05) is 13.8 Å². The number of nitro groups is 1. The molecule has 0 unspecified atom stereocenters. The van der Waals surface area contributed by atoms with Gasteiger partial charge in [0.15, 0.2) is 5.78 Å². The number of non-ortho nitro benzene ring substituents is 1. The van der Waals surface area contributed by atoms with E-state index in [1.165, 1.54) is 24.3 Å². The van der Waals surface area contributed by atoms with Crippen LogP contribution >= 0.6 is 15.9 Å². The molecule has 0 N–H and O–H groups in total. The highest BCUT2D eigenvalue weighted by atomic mass is 79.9. The van der Waals surface area contributed by atoms with E-state index < -0.39 is 10.8 Å². The van der Waals surface area contributed by atoms with Crippen molar-refractivity contribution >= 4 is 39.0 Å². The van der Waals surface area contributed by atoms with Gasteiger partial charge in [-0.15, -0.1) is 0 Å². The second-order valence-electron chi connectivity index (χ2n) is 5.65.